The summed E-state index contributed by atoms with van der Waals surface area (Å²) in [4.78, 5) is 2.47. The molecule has 20 heavy (non-hydrogen) atoms. The fourth-order valence-corrected chi connectivity index (χ4v) is 4.03. The third-order valence-corrected chi connectivity index (χ3v) is 5.07. The van der Waals surface area contributed by atoms with Crippen molar-refractivity contribution in [1.29, 1.82) is 0 Å². The molecule has 2 nitrogen and oxygen atoms in total. The van der Waals surface area contributed by atoms with E-state index in [1.807, 2.05) is 0 Å². The minimum Gasteiger partial charge on any atom is -0.309 e. The van der Waals surface area contributed by atoms with Gasteiger partial charge in [-0.05, 0) is 50.8 Å². The summed E-state index contributed by atoms with van der Waals surface area (Å²) in [5.74, 6) is 0.720. The summed E-state index contributed by atoms with van der Waals surface area (Å²) < 4.78 is 0. The van der Waals surface area contributed by atoms with E-state index in [0.717, 1.165) is 5.92 Å². The zero-order chi connectivity index (χ0) is 13.8. The second kappa shape index (κ2) is 6.73. The molecule has 3 rings (SSSR count). The molecule has 3 atom stereocenters. The second-order valence-electron chi connectivity index (χ2n) is 6.68. The van der Waals surface area contributed by atoms with Gasteiger partial charge >= 0.3 is 0 Å². The Bertz CT molecular complexity index is 403. The lowest BCUT2D eigenvalue weighted by Gasteiger charge is -2.38. The SMILES string of the molecule is CN1CCCC(NC2CCCCC2c2ccccc2)C1. The van der Waals surface area contributed by atoms with Gasteiger partial charge in [-0.2, -0.15) is 0 Å². The lowest BCUT2D eigenvalue weighted by atomic mass is 9.79. The van der Waals surface area contributed by atoms with Gasteiger partial charge in [-0.3, -0.25) is 0 Å². The van der Waals surface area contributed by atoms with Crippen molar-refractivity contribution in [1.82, 2.24) is 10.2 Å². The predicted molar refractivity (Wildman–Crippen MR) is 85.1 cm³/mol. The molecule has 1 aliphatic carbocycles. The molecule has 1 saturated heterocycles. The standard InChI is InChI=1S/C18H28N2/c1-20-13-7-10-16(14-20)19-18-12-6-5-11-17(18)15-8-3-2-4-9-15/h2-4,8-9,16-19H,5-7,10-14H2,1H3. The van der Waals surface area contributed by atoms with Gasteiger partial charge in [0.25, 0.3) is 0 Å². The first-order valence-electron chi connectivity index (χ1n) is 8.32. The topological polar surface area (TPSA) is 15.3 Å². The van der Waals surface area contributed by atoms with Gasteiger partial charge in [-0.1, -0.05) is 43.2 Å². The highest BCUT2D eigenvalue weighted by Gasteiger charge is 2.29. The first-order valence-corrected chi connectivity index (χ1v) is 8.32. The van der Waals surface area contributed by atoms with Crippen LogP contribution in [0.5, 0.6) is 0 Å². The largest absolute Gasteiger partial charge is 0.309 e. The summed E-state index contributed by atoms with van der Waals surface area (Å²) in [6, 6.07) is 12.5. The van der Waals surface area contributed by atoms with Crippen molar-refractivity contribution >= 4 is 0 Å². The monoisotopic (exact) mass is 272 g/mol. The van der Waals surface area contributed by atoms with Crippen molar-refractivity contribution in [3.05, 3.63) is 35.9 Å². The van der Waals surface area contributed by atoms with E-state index in [9.17, 15) is 0 Å². The number of nitrogens with zero attached hydrogens (tertiary/aromatic N) is 1. The highest BCUT2D eigenvalue weighted by molar-refractivity contribution is 5.22. The molecule has 3 unspecified atom stereocenters. The smallest absolute Gasteiger partial charge is 0.0198 e. The molecular weight excluding hydrogens is 244 g/mol. The zero-order valence-electron chi connectivity index (χ0n) is 12.7. The van der Waals surface area contributed by atoms with Gasteiger partial charge < -0.3 is 10.2 Å². The third kappa shape index (κ3) is 3.42. The number of hydrogen-bond acceptors (Lipinski definition) is 2. The number of likely N-dealkylation sites (N-methyl/N-ethyl adjacent to an activating group) is 1. The average molecular weight is 272 g/mol. The molecule has 1 aliphatic heterocycles. The molecule has 0 radical (unpaired) electrons. The maximum Gasteiger partial charge on any atom is 0.0198 e. The normalized spacial score (nSPS) is 32.1. The molecule has 2 fully saturated rings. The molecule has 0 amide bonds. The van der Waals surface area contributed by atoms with Crippen LogP contribution in [-0.2, 0) is 0 Å². The van der Waals surface area contributed by atoms with Crippen molar-refractivity contribution in [3.63, 3.8) is 0 Å². The van der Waals surface area contributed by atoms with E-state index in [1.165, 1.54) is 57.2 Å². The molecular formula is C18H28N2. The van der Waals surface area contributed by atoms with Crippen LogP contribution >= 0.6 is 0 Å². The molecule has 1 aromatic rings. The lowest BCUT2D eigenvalue weighted by Crippen LogP contribution is -2.50. The number of likely N-dealkylation sites (tertiary alicyclic amines) is 1. The molecule has 1 N–H and O–H groups in total. The van der Waals surface area contributed by atoms with E-state index in [0.29, 0.717) is 12.1 Å². The quantitative estimate of drug-likeness (QED) is 0.907. The maximum atomic E-state index is 4.00. The Hall–Kier alpha value is -0.860. The molecule has 2 heteroatoms. The van der Waals surface area contributed by atoms with Crippen LogP contribution in [0.4, 0.5) is 0 Å². The van der Waals surface area contributed by atoms with Crippen LogP contribution in [0.2, 0.25) is 0 Å². The van der Waals surface area contributed by atoms with Crippen molar-refractivity contribution in [2.45, 2.75) is 56.5 Å². The van der Waals surface area contributed by atoms with Crippen LogP contribution < -0.4 is 5.32 Å². The van der Waals surface area contributed by atoms with Gasteiger partial charge in [0.15, 0.2) is 0 Å². The van der Waals surface area contributed by atoms with Crippen LogP contribution in [-0.4, -0.2) is 37.1 Å². The van der Waals surface area contributed by atoms with Gasteiger partial charge in [0, 0.05) is 18.6 Å². The number of rotatable bonds is 3. The zero-order valence-corrected chi connectivity index (χ0v) is 12.7. The highest BCUT2D eigenvalue weighted by Crippen LogP contribution is 2.33. The summed E-state index contributed by atoms with van der Waals surface area (Å²) in [5.41, 5.74) is 1.54. The van der Waals surface area contributed by atoms with Crippen LogP contribution in [0, 0.1) is 0 Å². The lowest BCUT2D eigenvalue weighted by molar-refractivity contribution is 0.197. The summed E-state index contributed by atoms with van der Waals surface area (Å²) >= 11 is 0. The molecule has 0 spiro atoms. The molecule has 110 valence electrons. The van der Waals surface area contributed by atoms with Crippen LogP contribution in [0.1, 0.15) is 50.0 Å². The van der Waals surface area contributed by atoms with Crippen molar-refractivity contribution < 1.29 is 0 Å². The Kier molecular flexibility index (Phi) is 4.74. The Morgan fingerprint density at radius 2 is 1.80 bits per heavy atom. The van der Waals surface area contributed by atoms with Crippen LogP contribution in [0.15, 0.2) is 30.3 Å². The maximum absolute atomic E-state index is 4.00. The minimum atomic E-state index is 0.683. The summed E-state index contributed by atoms with van der Waals surface area (Å²) in [5, 5.41) is 4.00. The summed E-state index contributed by atoms with van der Waals surface area (Å²) in [7, 11) is 2.25. The third-order valence-electron chi connectivity index (χ3n) is 5.07. The van der Waals surface area contributed by atoms with Gasteiger partial charge in [0.05, 0.1) is 0 Å². The highest BCUT2D eigenvalue weighted by atomic mass is 15.1. The van der Waals surface area contributed by atoms with Crippen LogP contribution in [0.25, 0.3) is 0 Å². The Morgan fingerprint density at radius 3 is 2.60 bits per heavy atom. The molecule has 1 aromatic carbocycles. The van der Waals surface area contributed by atoms with Crippen molar-refractivity contribution in [2.75, 3.05) is 20.1 Å². The Morgan fingerprint density at radius 1 is 1.00 bits per heavy atom. The van der Waals surface area contributed by atoms with E-state index in [-0.39, 0.29) is 0 Å². The fraction of sp³-hybridized carbons (Fsp3) is 0.667. The minimum absolute atomic E-state index is 0.683. The van der Waals surface area contributed by atoms with Gasteiger partial charge in [-0.15, -0.1) is 0 Å². The number of nitrogens with one attached hydrogen (secondary N) is 1. The van der Waals surface area contributed by atoms with E-state index in [2.05, 4.69) is 47.6 Å². The first kappa shape index (κ1) is 14.1. The number of hydrogen-bond donors (Lipinski definition) is 1. The summed E-state index contributed by atoms with van der Waals surface area (Å²) in [6.45, 7) is 2.49. The molecule has 0 aromatic heterocycles. The average Bonchev–Trinajstić information content (AvgIpc) is 2.49. The molecule has 1 heterocycles. The summed E-state index contributed by atoms with van der Waals surface area (Å²) in [6.07, 6.45) is 8.18. The Balaban J connectivity index is 1.66. The molecule has 2 aliphatic rings. The van der Waals surface area contributed by atoms with Gasteiger partial charge in [-0.25, -0.2) is 0 Å². The predicted octanol–water partition coefficient (Wildman–Crippen LogP) is 3.40. The van der Waals surface area contributed by atoms with Gasteiger partial charge in [0.2, 0.25) is 0 Å². The van der Waals surface area contributed by atoms with Crippen LogP contribution in [0.3, 0.4) is 0 Å². The van der Waals surface area contributed by atoms with E-state index >= 15 is 0 Å². The van der Waals surface area contributed by atoms with Crippen molar-refractivity contribution in [2.24, 2.45) is 0 Å². The van der Waals surface area contributed by atoms with E-state index in [4.69, 9.17) is 0 Å². The van der Waals surface area contributed by atoms with E-state index in [1.54, 1.807) is 0 Å². The number of piperidine rings is 1. The van der Waals surface area contributed by atoms with Gasteiger partial charge in [0.1, 0.15) is 0 Å². The van der Waals surface area contributed by atoms with Crippen molar-refractivity contribution in [3.8, 4) is 0 Å². The fourth-order valence-electron chi connectivity index (χ4n) is 4.03. The second-order valence-corrected chi connectivity index (χ2v) is 6.68. The molecule has 1 saturated carbocycles. The first-order chi connectivity index (χ1) is 9.83. The number of benzene rings is 1. The van der Waals surface area contributed by atoms with E-state index < -0.39 is 0 Å². The molecule has 0 bridgehead atoms. The Labute approximate surface area is 123 Å².